The first kappa shape index (κ1) is 13.0. The van der Waals surface area contributed by atoms with Gasteiger partial charge in [-0.2, -0.15) is 0 Å². The van der Waals surface area contributed by atoms with E-state index < -0.39 is 9.84 Å². The van der Waals surface area contributed by atoms with Crippen LogP contribution >= 0.6 is 0 Å². The van der Waals surface area contributed by atoms with Crippen molar-refractivity contribution in [2.75, 3.05) is 18.1 Å². The lowest BCUT2D eigenvalue weighted by Gasteiger charge is -2.05. The Kier molecular flexibility index (Phi) is 4.73. The molecule has 0 aromatic heterocycles. The Hall–Kier alpha value is -1.10. The van der Waals surface area contributed by atoms with Gasteiger partial charge in [0.25, 0.3) is 0 Å². The van der Waals surface area contributed by atoms with Crippen molar-refractivity contribution in [2.45, 2.75) is 13.3 Å². The molecule has 0 saturated carbocycles. The lowest BCUT2D eigenvalue weighted by molar-refractivity contribution is 0.317. The van der Waals surface area contributed by atoms with Crippen molar-refractivity contribution in [3.63, 3.8) is 0 Å². The molecule has 0 fully saturated rings. The zero-order valence-electron chi connectivity index (χ0n) is 9.15. The number of benzene rings is 1. The maximum absolute atomic E-state index is 12.5. The number of hydrogen-bond acceptors (Lipinski definition) is 3. The number of rotatable bonds is 6. The first-order chi connectivity index (χ1) is 7.53. The van der Waals surface area contributed by atoms with Crippen LogP contribution in [-0.2, 0) is 9.84 Å². The normalized spacial score (nSPS) is 11.4. The minimum atomic E-state index is -2.92. The molecule has 3 nitrogen and oxygen atoms in total. The second-order valence-corrected chi connectivity index (χ2v) is 5.87. The summed E-state index contributed by atoms with van der Waals surface area (Å²) in [6, 6.07) is 5.64. The summed E-state index contributed by atoms with van der Waals surface area (Å²) in [5.41, 5.74) is 0. The average molecular weight is 246 g/mol. The molecule has 1 aromatic rings. The van der Waals surface area contributed by atoms with Gasteiger partial charge in [0.15, 0.2) is 0 Å². The summed E-state index contributed by atoms with van der Waals surface area (Å²) < 4.78 is 40.1. The monoisotopic (exact) mass is 246 g/mol. The molecular weight excluding hydrogens is 231 g/mol. The van der Waals surface area contributed by atoms with Crippen LogP contribution in [0.25, 0.3) is 0 Å². The van der Waals surface area contributed by atoms with Gasteiger partial charge in [0.2, 0.25) is 0 Å². The minimum absolute atomic E-state index is 0.130. The molecule has 90 valence electrons. The summed E-state index contributed by atoms with van der Waals surface area (Å²) >= 11 is 0. The Morgan fingerprint density at radius 1 is 1.25 bits per heavy atom. The van der Waals surface area contributed by atoms with E-state index in [1.807, 2.05) is 0 Å². The Bertz CT molecular complexity index is 411. The number of ether oxygens (including phenoxy) is 1. The summed E-state index contributed by atoms with van der Waals surface area (Å²) in [6.07, 6.45) is 0.452. The van der Waals surface area contributed by atoms with Gasteiger partial charge in [-0.25, -0.2) is 12.8 Å². The van der Waals surface area contributed by atoms with Gasteiger partial charge in [-0.1, -0.05) is 6.92 Å². The lowest BCUT2D eigenvalue weighted by Crippen LogP contribution is -2.11. The highest BCUT2D eigenvalue weighted by Gasteiger charge is 2.06. The molecule has 0 saturated heterocycles. The van der Waals surface area contributed by atoms with Crippen molar-refractivity contribution in [3.05, 3.63) is 30.1 Å². The average Bonchev–Trinajstić information content (AvgIpc) is 2.27. The fourth-order valence-corrected chi connectivity index (χ4v) is 1.99. The van der Waals surface area contributed by atoms with Crippen LogP contribution in [0.1, 0.15) is 13.3 Å². The Labute approximate surface area is 95.2 Å². The highest BCUT2D eigenvalue weighted by Crippen LogP contribution is 2.11. The molecule has 0 heterocycles. The predicted molar refractivity (Wildman–Crippen MR) is 60.8 cm³/mol. The molecule has 0 bridgehead atoms. The smallest absolute Gasteiger partial charge is 0.150 e. The van der Waals surface area contributed by atoms with Gasteiger partial charge in [0.05, 0.1) is 12.4 Å². The van der Waals surface area contributed by atoms with Gasteiger partial charge in [0, 0.05) is 5.75 Å². The molecular formula is C11H15FO3S. The third-order valence-electron chi connectivity index (χ3n) is 2.12. The molecule has 16 heavy (non-hydrogen) atoms. The van der Waals surface area contributed by atoms with E-state index in [0.29, 0.717) is 18.8 Å². The predicted octanol–water partition coefficient (Wildman–Crippen LogP) is 2.03. The summed E-state index contributed by atoms with van der Waals surface area (Å²) in [4.78, 5) is 0. The van der Waals surface area contributed by atoms with E-state index in [9.17, 15) is 12.8 Å². The van der Waals surface area contributed by atoms with E-state index in [0.717, 1.165) is 0 Å². The van der Waals surface area contributed by atoms with Crippen LogP contribution in [0, 0.1) is 5.82 Å². The molecule has 0 aliphatic heterocycles. The molecule has 1 rings (SSSR count). The summed E-state index contributed by atoms with van der Waals surface area (Å²) in [5, 5.41) is 0. The SMILES string of the molecule is CCS(=O)(=O)CCCOc1ccc(F)cc1. The van der Waals surface area contributed by atoms with Crippen LogP contribution in [0.5, 0.6) is 5.75 Å². The number of hydrogen-bond donors (Lipinski definition) is 0. The van der Waals surface area contributed by atoms with Crippen molar-refractivity contribution in [1.82, 2.24) is 0 Å². The van der Waals surface area contributed by atoms with Crippen LogP contribution in [0.2, 0.25) is 0 Å². The summed E-state index contributed by atoms with van der Waals surface area (Å²) in [5.74, 6) is 0.519. The van der Waals surface area contributed by atoms with Crippen LogP contribution in [0.3, 0.4) is 0 Å². The maximum Gasteiger partial charge on any atom is 0.150 e. The fourth-order valence-electron chi connectivity index (χ4n) is 1.14. The van der Waals surface area contributed by atoms with E-state index in [1.165, 1.54) is 24.3 Å². The largest absolute Gasteiger partial charge is 0.494 e. The van der Waals surface area contributed by atoms with E-state index in [4.69, 9.17) is 4.74 Å². The zero-order chi connectivity index (χ0) is 12.0. The third kappa shape index (κ3) is 4.61. The van der Waals surface area contributed by atoms with Crippen molar-refractivity contribution in [3.8, 4) is 5.75 Å². The minimum Gasteiger partial charge on any atom is -0.494 e. The molecule has 0 amide bonds. The van der Waals surface area contributed by atoms with Crippen LogP contribution < -0.4 is 4.74 Å². The fraction of sp³-hybridized carbons (Fsp3) is 0.455. The standard InChI is InChI=1S/C11H15FO3S/c1-2-16(13,14)9-3-8-15-11-6-4-10(12)5-7-11/h4-7H,2-3,8-9H2,1H3. The Morgan fingerprint density at radius 2 is 1.88 bits per heavy atom. The molecule has 5 heteroatoms. The molecule has 0 unspecified atom stereocenters. The zero-order valence-corrected chi connectivity index (χ0v) is 9.97. The van der Waals surface area contributed by atoms with Crippen molar-refractivity contribution in [1.29, 1.82) is 0 Å². The molecule has 0 aliphatic rings. The van der Waals surface area contributed by atoms with Gasteiger partial charge < -0.3 is 4.74 Å². The topological polar surface area (TPSA) is 43.4 Å². The molecule has 1 aromatic carbocycles. The lowest BCUT2D eigenvalue weighted by atomic mass is 10.3. The quantitative estimate of drug-likeness (QED) is 0.721. The van der Waals surface area contributed by atoms with Crippen molar-refractivity contribution < 1.29 is 17.5 Å². The van der Waals surface area contributed by atoms with E-state index in [1.54, 1.807) is 6.92 Å². The summed E-state index contributed by atoms with van der Waals surface area (Å²) in [7, 11) is -2.92. The second kappa shape index (κ2) is 5.84. The molecule has 0 spiro atoms. The van der Waals surface area contributed by atoms with Crippen molar-refractivity contribution >= 4 is 9.84 Å². The molecule has 0 radical (unpaired) electrons. The third-order valence-corrected chi connectivity index (χ3v) is 3.91. The van der Waals surface area contributed by atoms with Gasteiger partial charge in [-0.3, -0.25) is 0 Å². The summed E-state index contributed by atoms with van der Waals surface area (Å²) in [6.45, 7) is 1.95. The molecule has 0 aliphatic carbocycles. The van der Waals surface area contributed by atoms with Crippen LogP contribution in [0.15, 0.2) is 24.3 Å². The first-order valence-electron chi connectivity index (χ1n) is 5.12. The Morgan fingerprint density at radius 3 is 2.44 bits per heavy atom. The number of halogens is 1. The van der Waals surface area contributed by atoms with Gasteiger partial charge in [-0.15, -0.1) is 0 Å². The van der Waals surface area contributed by atoms with E-state index in [-0.39, 0.29) is 17.3 Å². The number of sulfone groups is 1. The molecule has 0 N–H and O–H groups in total. The van der Waals surface area contributed by atoms with Crippen LogP contribution in [0.4, 0.5) is 4.39 Å². The van der Waals surface area contributed by atoms with Crippen molar-refractivity contribution in [2.24, 2.45) is 0 Å². The van der Waals surface area contributed by atoms with Gasteiger partial charge >= 0.3 is 0 Å². The van der Waals surface area contributed by atoms with E-state index >= 15 is 0 Å². The van der Waals surface area contributed by atoms with E-state index in [2.05, 4.69) is 0 Å². The van der Waals surface area contributed by atoms with Crippen LogP contribution in [-0.4, -0.2) is 26.5 Å². The molecule has 0 atom stereocenters. The first-order valence-corrected chi connectivity index (χ1v) is 6.94. The second-order valence-electron chi connectivity index (χ2n) is 3.39. The van der Waals surface area contributed by atoms with Gasteiger partial charge in [0.1, 0.15) is 21.4 Å². The highest BCUT2D eigenvalue weighted by atomic mass is 32.2. The maximum atomic E-state index is 12.5. The highest BCUT2D eigenvalue weighted by molar-refractivity contribution is 7.91. The van der Waals surface area contributed by atoms with Gasteiger partial charge in [-0.05, 0) is 30.7 Å². The Balaban J connectivity index is 2.29.